The first-order valence-electron chi connectivity index (χ1n) is 11.9. The molecule has 1 heterocycles. The third-order valence-corrected chi connectivity index (χ3v) is 6.44. The summed E-state index contributed by atoms with van der Waals surface area (Å²) in [6.07, 6.45) is 3.12. The number of nitrogens with zero attached hydrogens (tertiary/aromatic N) is 2. The van der Waals surface area contributed by atoms with Crippen molar-refractivity contribution in [3.8, 4) is 5.75 Å². The van der Waals surface area contributed by atoms with Gasteiger partial charge in [-0.15, -0.1) is 0 Å². The van der Waals surface area contributed by atoms with Crippen molar-refractivity contribution in [2.75, 3.05) is 27.2 Å². The van der Waals surface area contributed by atoms with E-state index in [4.69, 9.17) is 4.74 Å². The van der Waals surface area contributed by atoms with Crippen LogP contribution in [0.4, 0.5) is 0 Å². The minimum Gasteiger partial charge on any atom is -0.488 e. The lowest BCUT2D eigenvalue weighted by Gasteiger charge is -2.34. The Hall–Kier alpha value is -2.89. The number of benzene rings is 3. The molecule has 0 saturated heterocycles. The quantitative estimate of drug-likeness (QED) is 0.467. The topological polar surface area (TPSA) is 53.0 Å². The van der Waals surface area contributed by atoms with Gasteiger partial charge in [0.2, 0.25) is 0 Å². The van der Waals surface area contributed by atoms with Gasteiger partial charge in [0.1, 0.15) is 12.4 Å². The monoisotopic (exact) mass is 446 g/mol. The van der Waals surface area contributed by atoms with Crippen LogP contribution in [-0.2, 0) is 12.3 Å². The third-order valence-electron chi connectivity index (χ3n) is 6.44. The van der Waals surface area contributed by atoms with Crippen LogP contribution in [-0.4, -0.2) is 48.0 Å². The SMILES string of the molecule is CCCCC1(O)c2cccc(OCc3ccc4ccccc4c3)c2C(=O)N1CCCN(C)C. The van der Waals surface area contributed by atoms with Crippen molar-refractivity contribution in [3.05, 3.63) is 77.4 Å². The normalized spacial score (nSPS) is 17.7. The predicted molar refractivity (Wildman–Crippen MR) is 132 cm³/mol. The molecule has 1 atom stereocenters. The summed E-state index contributed by atoms with van der Waals surface area (Å²) in [5.74, 6) is 0.396. The predicted octanol–water partition coefficient (Wildman–Crippen LogP) is 5.16. The van der Waals surface area contributed by atoms with Crippen molar-refractivity contribution >= 4 is 16.7 Å². The van der Waals surface area contributed by atoms with Crippen LogP contribution in [0.1, 0.15) is 54.1 Å². The van der Waals surface area contributed by atoms with E-state index in [1.54, 1.807) is 4.90 Å². The van der Waals surface area contributed by atoms with Crippen molar-refractivity contribution in [1.82, 2.24) is 9.80 Å². The average molecular weight is 447 g/mol. The molecular weight excluding hydrogens is 412 g/mol. The fourth-order valence-corrected chi connectivity index (χ4v) is 4.67. The van der Waals surface area contributed by atoms with Crippen molar-refractivity contribution in [3.63, 3.8) is 0 Å². The molecule has 0 spiro atoms. The number of rotatable bonds is 10. The second-order valence-corrected chi connectivity index (χ2v) is 9.18. The molecule has 4 rings (SSSR count). The van der Waals surface area contributed by atoms with Crippen LogP contribution in [0, 0.1) is 0 Å². The molecule has 0 radical (unpaired) electrons. The molecule has 0 aromatic heterocycles. The second-order valence-electron chi connectivity index (χ2n) is 9.18. The molecule has 5 heteroatoms. The Labute approximate surface area is 196 Å². The van der Waals surface area contributed by atoms with Gasteiger partial charge < -0.3 is 19.6 Å². The highest BCUT2D eigenvalue weighted by Crippen LogP contribution is 2.44. The van der Waals surface area contributed by atoms with E-state index in [-0.39, 0.29) is 5.91 Å². The number of hydrogen-bond acceptors (Lipinski definition) is 4. The van der Waals surface area contributed by atoms with Gasteiger partial charge >= 0.3 is 0 Å². The fraction of sp³-hybridized carbons (Fsp3) is 0.393. The van der Waals surface area contributed by atoms with Crippen molar-refractivity contribution in [1.29, 1.82) is 0 Å². The molecule has 1 unspecified atom stereocenters. The lowest BCUT2D eigenvalue weighted by molar-refractivity contribution is -0.0920. The molecule has 1 aliphatic rings. The highest BCUT2D eigenvalue weighted by atomic mass is 16.5. The molecule has 0 aliphatic carbocycles. The molecule has 3 aromatic rings. The van der Waals surface area contributed by atoms with Crippen LogP contribution in [0.15, 0.2) is 60.7 Å². The number of unbranched alkanes of at least 4 members (excludes halogenated alkanes) is 1. The van der Waals surface area contributed by atoms with Gasteiger partial charge in [0.05, 0.1) is 5.56 Å². The first-order chi connectivity index (χ1) is 15.9. The van der Waals surface area contributed by atoms with E-state index in [0.29, 0.717) is 36.4 Å². The van der Waals surface area contributed by atoms with Gasteiger partial charge in [0, 0.05) is 12.1 Å². The van der Waals surface area contributed by atoms with Crippen LogP contribution < -0.4 is 4.74 Å². The minimum absolute atomic E-state index is 0.142. The Bertz CT molecular complexity index is 1130. The maximum Gasteiger partial charge on any atom is 0.260 e. The molecule has 1 amide bonds. The van der Waals surface area contributed by atoms with Crippen LogP contribution in [0.5, 0.6) is 5.75 Å². The van der Waals surface area contributed by atoms with Gasteiger partial charge in [-0.05, 0) is 68.4 Å². The summed E-state index contributed by atoms with van der Waals surface area (Å²) in [7, 11) is 4.03. The molecule has 3 aromatic carbocycles. The highest BCUT2D eigenvalue weighted by molar-refractivity contribution is 6.02. The molecular formula is C28H34N2O3. The van der Waals surface area contributed by atoms with E-state index >= 15 is 0 Å². The molecule has 33 heavy (non-hydrogen) atoms. The van der Waals surface area contributed by atoms with Gasteiger partial charge in [-0.3, -0.25) is 4.79 Å². The van der Waals surface area contributed by atoms with Crippen LogP contribution in [0.25, 0.3) is 10.8 Å². The summed E-state index contributed by atoms with van der Waals surface area (Å²) in [6.45, 7) is 3.83. The maximum absolute atomic E-state index is 13.5. The highest BCUT2D eigenvalue weighted by Gasteiger charge is 2.49. The summed E-state index contributed by atoms with van der Waals surface area (Å²) >= 11 is 0. The van der Waals surface area contributed by atoms with E-state index in [2.05, 4.69) is 42.2 Å². The molecule has 0 saturated carbocycles. The lowest BCUT2D eigenvalue weighted by atomic mass is 9.95. The largest absolute Gasteiger partial charge is 0.488 e. The van der Waals surface area contributed by atoms with E-state index in [1.807, 2.05) is 44.4 Å². The number of fused-ring (bicyclic) bond motifs is 2. The maximum atomic E-state index is 13.5. The fourth-order valence-electron chi connectivity index (χ4n) is 4.67. The summed E-state index contributed by atoms with van der Waals surface area (Å²) in [6, 6.07) is 20.1. The van der Waals surface area contributed by atoms with E-state index in [1.165, 1.54) is 5.39 Å². The molecule has 5 nitrogen and oxygen atoms in total. The van der Waals surface area contributed by atoms with Crippen molar-refractivity contribution < 1.29 is 14.6 Å². The Morgan fingerprint density at radius 1 is 1.00 bits per heavy atom. The molecule has 1 aliphatic heterocycles. The van der Waals surface area contributed by atoms with E-state index in [0.717, 1.165) is 36.8 Å². The zero-order chi connectivity index (χ0) is 23.4. The number of carbonyl (C=O) groups excluding carboxylic acids is 1. The summed E-state index contributed by atoms with van der Waals surface area (Å²) < 4.78 is 6.18. The van der Waals surface area contributed by atoms with E-state index < -0.39 is 5.72 Å². The number of aliphatic hydroxyl groups is 1. The van der Waals surface area contributed by atoms with Crippen LogP contribution >= 0.6 is 0 Å². The summed E-state index contributed by atoms with van der Waals surface area (Å²) in [5, 5.41) is 14.1. The van der Waals surface area contributed by atoms with Gasteiger partial charge in [0.25, 0.3) is 5.91 Å². The van der Waals surface area contributed by atoms with Gasteiger partial charge in [-0.25, -0.2) is 0 Å². The van der Waals surface area contributed by atoms with Gasteiger partial charge in [-0.1, -0.05) is 61.9 Å². The third kappa shape index (κ3) is 4.75. The Morgan fingerprint density at radius 2 is 1.79 bits per heavy atom. The zero-order valence-electron chi connectivity index (χ0n) is 19.9. The smallest absolute Gasteiger partial charge is 0.260 e. The molecule has 1 N–H and O–H groups in total. The van der Waals surface area contributed by atoms with Crippen LogP contribution in [0.2, 0.25) is 0 Å². The van der Waals surface area contributed by atoms with E-state index in [9.17, 15) is 9.90 Å². The average Bonchev–Trinajstić information content (AvgIpc) is 3.03. The Morgan fingerprint density at radius 3 is 2.55 bits per heavy atom. The van der Waals surface area contributed by atoms with Gasteiger partial charge in [0.15, 0.2) is 5.72 Å². The second kappa shape index (κ2) is 9.94. The molecule has 0 fully saturated rings. The van der Waals surface area contributed by atoms with Crippen molar-refractivity contribution in [2.45, 2.75) is 44.9 Å². The Balaban J connectivity index is 1.60. The lowest BCUT2D eigenvalue weighted by Crippen LogP contribution is -2.44. The Kier molecular flexibility index (Phi) is 7.01. The first-order valence-corrected chi connectivity index (χ1v) is 11.9. The summed E-state index contributed by atoms with van der Waals surface area (Å²) in [4.78, 5) is 17.3. The standard InChI is InChI=1S/C28H34N2O3/c1-4-5-16-28(32)24-12-8-13-25(26(24)27(31)30(28)18-9-17-29(2)3)33-20-21-14-15-22-10-6-7-11-23(22)19-21/h6-8,10-15,19,32H,4-5,9,16-18,20H2,1-3H3. The van der Waals surface area contributed by atoms with Crippen LogP contribution in [0.3, 0.4) is 0 Å². The summed E-state index contributed by atoms with van der Waals surface area (Å²) in [5.41, 5.74) is 0.932. The van der Waals surface area contributed by atoms with Gasteiger partial charge in [-0.2, -0.15) is 0 Å². The molecule has 174 valence electrons. The number of amides is 1. The minimum atomic E-state index is -1.28. The van der Waals surface area contributed by atoms with Crippen molar-refractivity contribution in [2.24, 2.45) is 0 Å². The number of carbonyl (C=O) groups is 1. The number of ether oxygens (including phenoxy) is 1. The zero-order valence-corrected chi connectivity index (χ0v) is 19.9. The first kappa shape index (κ1) is 23.3. The number of hydrogen-bond donors (Lipinski definition) is 1. The molecule has 0 bridgehead atoms.